The van der Waals surface area contributed by atoms with E-state index in [4.69, 9.17) is 17.4 Å². The van der Waals surface area contributed by atoms with Crippen LogP contribution in [0.3, 0.4) is 0 Å². The first-order valence-electron chi connectivity index (χ1n) is 4.94. The average molecular weight is 315 g/mol. The molecule has 0 spiro atoms. The van der Waals surface area contributed by atoms with Crippen LogP contribution in [-0.4, -0.2) is 28.7 Å². The van der Waals surface area contributed by atoms with E-state index in [9.17, 15) is 18.0 Å². The van der Waals surface area contributed by atoms with Crippen LogP contribution in [-0.2, 0) is 0 Å². The molecule has 106 valence electrons. The Hall–Kier alpha value is -1.19. The maximum absolute atomic E-state index is 11.8. The highest BCUT2D eigenvalue weighted by Gasteiger charge is 2.27. The molecule has 10 heteroatoms. The molecule has 0 unspecified atom stereocenters. The molecular formula is C9H10ClF3N4OS. The van der Waals surface area contributed by atoms with Crippen LogP contribution in [0.2, 0.25) is 5.02 Å². The third-order valence-corrected chi connectivity index (χ3v) is 2.92. The summed E-state index contributed by atoms with van der Waals surface area (Å²) in [5.41, 5.74) is -1.93. The number of nitrogen functional groups attached to an aromatic ring is 1. The van der Waals surface area contributed by atoms with Crippen molar-refractivity contribution in [2.75, 3.05) is 17.7 Å². The maximum atomic E-state index is 11.8. The minimum atomic E-state index is -4.30. The van der Waals surface area contributed by atoms with Gasteiger partial charge in [-0.1, -0.05) is 11.6 Å². The lowest BCUT2D eigenvalue weighted by atomic mass is 10.2. The van der Waals surface area contributed by atoms with Crippen LogP contribution in [0.4, 0.5) is 19.0 Å². The molecule has 0 saturated carbocycles. The molecule has 19 heavy (non-hydrogen) atoms. The first-order chi connectivity index (χ1) is 8.83. The second kappa shape index (κ2) is 6.83. The molecule has 1 aromatic rings. The summed E-state index contributed by atoms with van der Waals surface area (Å²) in [7, 11) is 0. The lowest BCUT2D eigenvalue weighted by molar-refractivity contribution is -0.0327. The number of anilines is 1. The average Bonchev–Trinajstić information content (AvgIpc) is 2.33. The van der Waals surface area contributed by atoms with Gasteiger partial charge in [0.1, 0.15) is 0 Å². The fourth-order valence-corrected chi connectivity index (χ4v) is 1.76. The fraction of sp³-hybridized carbons (Fsp3) is 0.333. The lowest BCUT2D eigenvalue weighted by Gasteiger charge is -2.08. The number of thioether (sulfide) groups is 1. The van der Waals surface area contributed by atoms with Crippen molar-refractivity contribution in [3.05, 3.63) is 22.8 Å². The smallest absolute Gasteiger partial charge is 0.351 e. The molecule has 1 rings (SSSR count). The Kier molecular flexibility index (Phi) is 5.70. The van der Waals surface area contributed by atoms with Crippen LogP contribution >= 0.6 is 23.4 Å². The van der Waals surface area contributed by atoms with Gasteiger partial charge in [-0.05, 0) is 17.8 Å². The number of pyridine rings is 1. The topological polar surface area (TPSA) is 80.0 Å². The lowest BCUT2D eigenvalue weighted by Crippen LogP contribution is -2.26. The molecule has 0 fully saturated rings. The molecule has 1 heterocycles. The SMILES string of the molecule is NNc1ncc(C(=O)NCCSC(F)(F)F)cc1Cl. The highest BCUT2D eigenvalue weighted by molar-refractivity contribution is 8.00. The fourth-order valence-electron chi connectivity index (χ4n) is 1.10. The third-order valence-electron chi connectivity index (χ3n) is 1.89. The molecule has 1 amide bonds. The third kappa shape index (κ3) is 5.53. The number of nitrogens with two attached hydrogens (primary N) is 1. The summed E-state index contributed by atoms with van der Waals surface area (Å²) in [4.78, 5) is 15.3. The summed E-state index contributed by atoms with van der Waals surface area (Å²) in [5.74, 6) is 4.49. The van der Waals surface area contributed by atoms with Gasteiger partial charge in [0, 0.05) is 18.5 Å². The number of halogens is 4. The van der Waals surface area contributed by atoms with Gasteiger partial charge in [0.25, 0.3) is 5.91 Å². The summed E-state index contributed by atoms with van der Waals surface area (Å²) < 4.78 is 35.5. The molecule has 1 aromatic heterocycles. The van der Waals surface area contributed by atoms with E-state index in [2.05, 4.69) is 15.7 Å². The molecule has 0 aliphatic rings. The molecule has 0 atom stereocenters. The van der Waals surface area contributed by atoms with E-state index in [0.29, 0.717) is 0 Å². The van der Waals surface area contributed by atoms with E-state index >= 15 is 0 Å². The normalized spacial score (nSPS) is 11.2. The molecule has 0 aliphatic heterocycles. The van der Waals surface area contributed by atoms with Crippen LogP contribution in [0.15, 0.2) is 12.3 Å². The summed E-state index contributed by atoms with van der Waals surface area (Å²) >= 11 is 5.55. The summed E-state index contributed by atoms with van der Waals surface area (Å²) in [6.07, 6.45) is 1.22. The van der Waals surface area contributed by atoms with Gasteiger partial charge in [0.15, 0.2) is 5.82 Å². The quantitative estimate of drug-likeness (QED) is 0.440. The maximum Gasteiger partial charge on any atom is 0.441 e. The van der Waals surface area contributed by atoms with Crippen LogP contribution in [0.25, 0.3) is 0 Å². The van der Waals surface area contributed by atoms with Gasteiger partial charge in [-0.25, -0.2) is 10.8 Å². The zero-order chi connectivity index (χ0) is 14.5. The Morgan fingerprint density at radius 3 is 2.74 bits per heavy atom. The van der Waals surface area contributed by atoms with Crippen LogP contribution in [0.5, 0.6) is 0 Å². The number of carbonyl (C=O) groups excluding carboxylic acids is 1. The van der Waals surface area contributed by atoms with Crippen molar-refractivity contribution in [3.63, 3.8) is 0 Å². The molecular weight excluding hydrogens is 305 g/mol. The summed E-state index contributed by atoms with van der Waals surface area (Å²) in [6, 6.07) is 1.32. The number of alkyl halides is 3. The molecule has 5 nitrogen and oxygen atoms in total. The van der Waals surface area contributed by atoms with Crippen LogP contribution in [0.1, 0.15) is 10.4 Å². The van der Waals surface area contributed by atoms with E-state index in [1.54, 1.807) is 0 Å². The van der Waals surface area contributed by atoms with Crippen molar-refractivity contribution in [2.24, 2.45) is 5.84 Å². The summed E-state index contributed by atoms with van der Waals surface area (Å²) in [6.45, 7) is -0.114. The van der Waals surface area contributed by atoms with E-state index in [1.165, 1.54) is 12.3 Å². The van der Waals surface area contributed by atoms with Crippen molar-refractivity contribution in [3.8, 4) is 0 Å². The Morgan fingerprint density at radius 2 is 2.21 bits per heavy atom. The molecule has 0 saturated heterocycles. The number of carbonyl (C=O) groups is 1. The van der Waals surface area contributed by atoms with Crippen molar-refractivity contribution in [1.29, 1.82) is 0 Å². The highest BCUT2D eigenvalue weighted by atomic mass is 35.5. The summed E-state index contributed by atoms with van der Waals surface area (Å²) in [5, 5.41) is 2.46. The van der Waals surface area contributed by atoms with Crippen molar-refractivity contribution >= 4 is 35.1 Å². The zero-order valence-electron chi connectivity index (χ0n) is 9.42. The van der Waals surface area contributed by atoms with Crippen LogP contribution < -0.4 is 16.6 Å². The van der Waals surface area contributed by atoms with Crippen molar-refractivity contribution in [2.45, 2.75) is 5.51 Å². The van der Waals surface area contributed by atoms with E-state index in [1.807, 2.05) is 0 Å². The minimum absolute atomic E-state index is 0.114. The Balaban J connectivity index is 2.48. The predicted octanol–water partition coefficient (Wildman–Crippen LogP) is 2.00. The molecule has 4 N–H and O–H groups in total. The van der Waals surface area contributed by atoms with Crippen LogP contribution in [0, 0.1) is 0 Å². The minimum Gasteiger partial charge on any atom is -0.351 e. The largest absolute Gasteiger partial charge is 0.441 e. The van der Waals surface area contributed by atoms with E-state index in [0.717, 1.165) is 0 Å². The number of aromatic nitrogens is 1. The number of rotatable bonds is 5. The Morgan fingerprint density at radius 1 is 1.53 bits per heavy atom. The second-order valence-corrected chi connectivity index (χ2v) is 4.82. The van der Waals surface area contributed by atoms with Gasteiger partial charge in [-0.15, -0.1) is 0 Å². The Labute approximate surface area is 116 Å². The number of amides is 1. The first kappa shape index (κ1) is 15.9. The van der Waals surface area contributed by atoms with Gasteiger partial charge in [-0.3, -0.25) is 4.79 Å². The second-order valence-electron chi connectivity index (χ2n) is 3.25. The molecule has 0 radical (unpaired) electrons. The van der Waals surface area contributed by atoms with Gasteiger partial charge in [0.05, 0.1) is 10.6 Å². The van der Waals surface area contributed by atoms with E-state index in [-0.39, 0.29) is 40.5 Å². The number of hydrazine groups is 1. The van der Waals surface area contributed by atoms with Gasteiger partial charge >= 0.3 is 5.51 Å². The monoisotopic (exact) mass is 314 g/mol. The highest BCUT2D eigenvalue weighted by Crippen LogP contribution is 2.29. The molecule has 0 aromatic carbocycles. The number of hydrogen-bond donors (Lipinski definition) is 3. The number of hydrogen-bond acceptors (Lipinski definition) is 5. The van der Waals surface area contributed by atoms with E-state index < -0.39 is 11.4 Å². The predicted molar refractivity (Wildman–Crippen MR) is 67.9 cm³/mol. The molecule has 0 aliphatic carbocycles. The standard InChI is InChI=1S/C9H10ClF3N4OS/c10-6-3-5(4-16-7(6)17-14)8(18)15-1-2-19-9(11,12)13/h3-4H,1-2,14H2,(H,15,18)(H,16,17). The van der Waals surface area contributed by atoms with Gasteiger partial charge in [-0.2, -0.15) is 13.2 Å². The van der Waals surface area contributed by atoms with Gasteiger partial charge in [0.2, 0.25) is 0 Å². The number of nitrogens with one attached hydrogen (secondary N) is 2. The number of nitrogens with zero attached hydrogens (tertiary/aromatic N) is 1. The molecule has 0 bridgehead atoms. The zero-order valence-corrected chi connectivity index (χ0v) is 11.0. The van der Waals surface area contributed by atoms with Gasteiger partial charge < -0.3 is 10.7 Å². The van der Waals surface area contributed by atoms with Crippen molar-refractivity contribution in [1.82, 2.24) is 10.3 Å². The first-order valence-corrected chi connectivity index (χ1v) is 6.31. The Bertz CT molecular complexity index is 458. The van der Waals surface area contributed by atoms with Crippen molar-refractivity contribution < 1.29 is 18.0 Å².